The average Bonchev–Trinajstić information content (AvgIpc) is 2.82. The van der Waals surface area contributed by atoms with Crippen LogP contribution < -0.4 is 0 Å². The van der Waals surface area contributed by atoms with E-state index in [1.807, 2.05) is 0 Å². The van der Waals surface area contributed by atoms with Crippen LogP contribution in [0.15, 0.2) is 0 Å². The van der Waals surface area contributed by atoms with Gasteiger partial charge in [-0.1, -0.05) is 54.7 Å². The predicted molar refractivity (Wildman–Crippen MR) is 96.2 cm³/mol. The van der Waals surface area contributed by atoms with E-state index in [0.717, 1.165) is 23.8 Å². The fourth-order valence-corrected chi connectivity index (χ4v) is 4.53. The monoisotopic (exact) mass is 423 g/mol. The molecule has 0 aromatic heterocycles. The van der Waals surface area contributed by atoms with E-state index in [0.29, 0.717) is 12.6 Å². The van der Waals surface area contributed by atoms with Crippen molar-refractivity contribution < 1.29 is 14.3 Å². The largest absolute Gasteiger partial charge is 0.459 e. The number of carbonyl (C=O) groups is 1. The number of carbonyl (C=O) groups excluding carboxylic acids is 1. The molecule has 5 heteroatoms. The van der Waals surface area contributed by atoms with Gasteiger partial charge in [0.25, 0.3) is 0 Å². The van der Waals surface area contributed by atoms with Crippen LogP contribution >= 0.6 is 22.6 Å². The Bertz CT molecular complexity index is 332. The first-order chi connectivity index (χ1) is 10.7. The van der Waals surface area contributed by atoms with Crippen LogP contribution in [0, 0.1) is 0 Å². The number of rotatable bonds is 6. The van der Waals surface area contributed by atoms with Crippen molar-refractivity contribution in [3.63, 3.8) is 0 Å². The molecule has 0 unspecified atom stereocenters. The van der Waals surface area contributed by atoms with E-state index >= 15 is 0 Å². The van der Waals surface area contributed by atoms with E-state index in [-0.39, 0.29) is 18.2 Å². The normalized spacial score (nSPS) is 27.6. The number of hydrogen-bond donors (Lipinski definition) is 0. The Hall–Kier alpha value is 0.120. The first-order valence-electron chi connectivity index (χ1n) is 8.77. The lowest BCUT2D eigenvalue weighted by Crippen LogP contribution is -2.42. The van der Waals surface area contributed by atoms with Crippen LogP contribution in [0.2, 0.25) is 0 Å². The zero-order chi connectivity index (χ0) is 15.8. The number of alkyl halides is 1. The van der Waals surface area contributed by atoms with Crippen LogP contribution in [0.1, 0.15) is 64.2 Å². The minimum Gasteiger partial charge on any atom is -0.459 e. The summed E-state index contributed by atoms with van der Waals surface area (Å²) in [7, 11) is 1.72. The molecule has 2 rings (SSSR count). The highest BCUT2D eigenvalue weighted by atomic mass is 127. The predicted octanol–water partition coefficient (Wildman–Crippen LogP) is 3.90. The molecule has 2 aliphatic carbocycles. The second-order valence-electron chi connectivity index (χ2n) is 6.60. The first kappa shape index (κ1) is 18.5. The Morgan fingerprint density at radius 2 is 1.59 bits per heavy atom. The lowest BCUT2D eigenvalue weighted by molar-refractivity contribution is -0.160. The summed E-state index contributed by atoms with van der Waals surface area (Å²) in [6.07, 6.45) is 12.0. The Kier molecular flexibility index (Phi) is 8.46. The van der Waals surface area contributed by atoms with Gasteiger partial charge in [0.05, 0.1) is 17.2 Å². The molecule has 0 aromatic rings. The van der Waals surface area contributed by atoms with Crippen LogP contribution in [0.5, 0.6) is 0 Å². The van der Waals surface area contributed by atoms with Crippen molar-refractivity contribution in [1.29, 1.82) is 0 Å². The van der Waals surface area contributed by atoms with Crippen molar-refractivity contribution in [2.45, 2.75) is 82.5 Å². The summed E-state index contributed by atoms with van der Waals surface area (Å²) in [4.78, 5) is 14.7. The molecular weight excluding hydrogens is 393 g/mol. The molecule has 0 N–H and O–H groups in total. The maximum atomic E-state index is 12.3. The summed E-state index contributed by atoms with van der Waals surface area (Å²) in [5, 5.41) is 0. The highest BCUT2D eigenvalue weighted by molar-refractivity contribution is 14.1. The third-order valence-electron chi connectivity index (χ3n) is 5.05. The van der Waals surface area contributed by atoms with Gasteiger partial charge in [-0.15, -0.1) is 0 Å². The van der Waals surface area contributed by atoms with Gasteiger partial charge in [-0.25, -0.2) is 0 Å². The van der Waals surface area contributed by atoms with Gasteiger partial charge >= 0.3 is 5.97 Å². The second kappa shape index (κ2) is 10.1. The van der Waals surface area contributed by atoms with Gasteiger partial charge in [0.15, 0.2) is 0 Å². The molecule has 0 bridgehead atoms. The lowest BCUT2D eigenvalue weighted by atomic mass is 9.94. The SMILES string of the molecule is CO[C@@H]1CCCC[C@H]1OC(=O)CN(CI)C1CCCCCC1. The van der Waals surface area contributed by atoms with Crippen molar-refractivity contribution in [3.8, 4) is 0 Å². The van der Waals surface area contributed by atoms with Crippen molar-refractivity contribution in [2.75, 3.05) is 18.2 Å². The minimum atomic E-state index is -0.0742. The van der Waals surface area contributed by atoms with Crippen molar-refractivity contribution in [2.24, 2.45) is 0 Å². The maximum Gasteiger partial charge on any atom is 0.320 e. The van der Waals surface area contributed by atoms with Crippen molar-refractivity contribution in [1.82, 2.24) is 4.90 Å². The topological polar surface area (TPSA) is 38.8 Å². The van der Waals surface area contributed by atoms with E-state index in [1.54, 1.807) is 7.11 Å². The smallest absolute Gasteiger partial charge is 0.320 e. The fourth-order valence-electron chi connectivity index (χ4n) is 3.73. The number of hydrogen-bond acceptors (Lipinski definition) is 4. The molecular formula is C17H30INO3. The molecule has 22 heavy (non-hydrogen) atoms. The Balaban J connectivity index is 1.82. The quantitative estimate of drug-likeness (QED) is 0.214. The van der Waals surface area contributed by atoms with E-state index in [9.17, 15) is 4.79 Å². The van der Waals surface area contributed by atoms with Gasteiger partial charge in [0.1, 0.15) is 6.10 Å². The van der Waals surface area contributed by atoms with Gasteiger partial charge < -0.3 is 9.47 Å². The number of halogens is 1. The van der Waals surface area contributed by atoms with E-state index in [1.165, 1.54) is 44.9 Å². The molecule has 0 radical (unpaired) electrons. The number of ether oxygens (including phenoxy) is 2. The molecule has 0 heterocycles. The summed E-state index contributed by atoms with van der Waals surface area (Å²) < 4.78 is 12.1. The van der Waals surface area contributed by atoms with Crippen LogP contribution in [0.3, 0.4) is 0 Å². The molecule has 0 aliphatic heterocycles. The minimum absolute atomic E-state index is 0.0450. The van der Waals surface area contributed by atoms with Crippen LogP contribution in [0.25, 0.3) is 0 Å². The van der Waals surface area contributed by atoms with E-state index in [4.69, 9.17) is 9.47 Å². The van der Waals surface area contributed by atoms with E-state index < -0.39 is 0 Å². The molecule has 0 aromatic carbocycles. The molecule has 0 amide bonds. The molecule has 2 fully saturated rings. The molecule has 2 aliphatic rings. The summed E-state index contributed by atoms with van der Waals surface area (Å²) >= 11 is 2.37. The number of methoxy groups -OCH3 is 1. The van der Waals surface area contributed by atoms with Gasteiger partial charge in [0.2, 0.25) is 0 Å². The van der Waals surface area contributed by atoms with Crippen LogP contribution in [-0.2, 0) is 14.3 Å². The van der Waals surface area contributed by atoms with Crippen molar-refractivity contribution >= 4 is 28.6 Å². The molecule has 0 spiro atoms. The van der Waals surface area contributed by atoms with Gasteiger partial charge in [0, 0.05) is 13.2 Å². The zero-order valence-corrected chi connectivity index (χ0v) is 15.9. The maximum absolute atomic E-state index is 12.3. The fraction of sp³-hybridized carbons (Fsp3) is 0.941. The van der Waals surface area contributed by atoms with Gasteiger partial charge in [-0.05, 0) is 32.1 Å². The first-order valence-corrected chi connectivity index (χ1v) is 10.3. The Morgan fingerprint density at radius 3 is 2.18 bits per heavy atom. The molecule has 0 saturated heterocycles. The molecule has 2 atom stereocenters. The Labute approximate surface area is 148 Å². The highest BCUT2D eigenvalue weighted by Gasteiger charge is 2.29. The number of esters is 1. The molecule has 2 saturated carbocycles. The molecule has 128 valence electrons. The lowest BCUT2D eigenvalue weighted by Gasteiger charge is -2.32. The average molecular weight is 423 g/mol. The zero-order valence-electron chi connectivity index (χ0n) is 13.8. The Morgan fingerprint density at radius 1 is 1.00 bits per heavy atom. The number of nitrogens with zero attached hydrogens (tertiary/aromatic N) is 1. The third kappa shape index (κ3) is 5.64. The second-order valence-corrected chi connectivity index (χ2v) is 7.28. The summed E-state index contributed by atoms with van der Waals surface area (Å²) in [5.74, 6) is -0.0742. The van der Waals surface area contributed by atoms with Gasteiger partial charge in [-0.2, -0.15) is 0 Å². The summed E-state index contributed by atoms with van der Waals surface area (Å²) in [6, 6.07) is 0.552. The summed E-state index contributed by atoms with van der Waals surface area (Å²) in [6.45, 7) is 0.431. The van der Waals surface area contributed by atoms with Crippen LogP contribution in [-0.4, -0.2) is 47.3 Å². The van der Waals surface area contributed by atoms with Crippen molar-refractivity contribution in [3.05, 3.63) is 0 Å². The standard InChI is InChI=1S/C17H30INO3/c1-21-15-10-6-7-11-16(15)22-17(20)12-19(13-18)14-8-4-2-3-5-9-14/h14-16H,2-13H2,1H3/t15-,16-/m1/s1. The van der Waals surface area contributed by atoms with Crippen LogP contribution in [0.4, 0.5) is 0 Å². The highest BCUT2D eigenvalue weighted by Crippen LogP contribution is 2.25. The third-order valence-corrected chi connectivity index (χ3v) is 5.93. The van der Waals surface area contributed by atoms with Gasteiger partial charge in [-0.3, -0.25) is 9.69 Å². The van der Waals surface area contributed by atoms with E-state index in [2.05, 4.69) is 27.5 Å². The summed E-state index contributed by atoms with van der Waals surface area (Å²) in [5.41, 5.74) is 0. The molecule has 4 nitrogen and oxygen atoms in total.